The van der Waals surface area contributed by atoms with Crippen molar-refractivity contribution in [1.29, 1.82) is 0 Å². The van der Waals surface area contributed by atoms with Gasteiger partial charge in [0.15, 0.2) is 0 Å². The first-order valence-electron chi connectivity index (χ1n) is 11.5. The van der Waals surface area contributed by atoms with Crippen molar-refractivity contribution in [3.05, 3.63) is 0 Å². The Morgan fingerprint density at radius 3 is 2.19 bits per heavy atom. The molecular formula is C22H45NO4. The minimum absolute atomic E-state index is 0.0898. The number of aliphatic hydroxyl groups excluding tert-OH is 1. The minimum Gasteiger partial charge on any atom is -0.394 e. The number of aliphatic hydroxyl groups is 1. The van der Waals surface area contributed by atoms with E-state index in [1.165, 1.54) is 64.2 Å². The average molecular weight is 388 g/mol. The van der Waals surface area contributed by atoms with E-state index in [1.54, 1.807) is 0 Å². The smallest absolute Gasteiger partial charge is 0.0813 e. The Morgan fingerprint density at radius 1 is 0.815 bits per heavy atom. The Hall–Kier alpha value is -0.200. The molecule has 1 aliphatic heterocycles. The van der Waals surface area contributed by atoms with Crippen LogP contribution in [-0.2, 0) is 14.2 Å². The zero-order valence-electron chi connectivity index (χ0n) is 17.8. The van der Waals surface area contributed by atoms with E-state index in [0.29, 0.717) is 19.3 Å². The molecule has 0 aromatic heterocycles. The lowest BCUT2D eigenvalue weighted by Crippen LogP contribution is -2.30. The summed E-state index contributed by atoms with van der Waals surface area (Å²) in [6.45, 7) is 6.72. The predicted octanol–water partition coefficient (Wildman–Crippen LogP) is 4.07. The van der Waals surface area contributed by atoms with Crippen LogP contribution in [0.15, 0.2) is 0 Å². The zero-order valence-corrected chi connectivity index (χ0v) is 17.8. The molecule has 2 atom stereocenters. The third kappa shape index (κ3) is 15.4. The molecule has 1 rings (SSSR count). The van der Waals surface area contributed by atoms with Gasteiger partial charge in [-0.3, -0.25) is 0 Å². The molecule has 0 aromatic carbocycles. The third-order valence-electron chi connectivity index (χ3n) is 5.17. The molecular weight excluding hydrogens is 342 g/mol. The molecule has 1 fully saturated rings. The van der Waals surface area contributed by atoms with E-state index >= 15 is 0 Å². The van der Waals surface area contributed by atoms with Gasteiger partial charge in [0.05, 0.1) is 38.6 Å². The van der Waals surface area contributed by atoms with E-state index in [4.69, 9.17) is 19.3 Å². The number of rotatable bonds is 20. The summed E-state index contributed by atoms with van der Waals surface area (Å²) >= 11 is 0. The quantitative estimate of drug-likeness (QED) is 0.308. The summed E-state index contributed by atoms with van der Waals surface area (Å²) in [7, 11) is 0. The molecule has 2 N–H and O–H groups in total. The maximum Gasteiger partial charge on any atom is 0.0813 e. The summed E-state index contributed by atoms with van der Waals surface area (Å²) in [5.74, 6) is 0. The van der Waals surface area contributed by atoms with Crippen LogP contribution in [0.3, 0.4) is 0 Å². The third-order valence-corrected chi connectivity index (χ3v) is 5.17. The first-order chi connectivity index (χ1) is 13.4. The van der Waals surface area contributed by atoms with Crippen LogP contribution in [0.25, 0.3) is 0 Å². The van der Waals surface area contributed by atoms with E-state index < -0.39 is 0 Å². The van der Waals surface area contributed by atoms with Crippen molar-refractivity contribution < 1.29 is 19.3 Å². The van der Waals surface area contributed by atoms with E-state index in [-0.39, 0.29) is 12.7 Å². The monoisotopic (exact) mass is 387 g/mol. The van der Waals surface area contributed by atoms with Gasteiger partial charge in [-0.1, -0.05) is 64.7 Å². The van der Waals surface area contributed by atoms with Crippen LogP contribution in [0.5, 0.6) is 0 Å². The summed E-state index contributed by atoms with van der Waals surface area (Å²) in [4.78, 5) is 0. The topological polar surface area (TPSA) is 60.0 Å². The van der Waals surface area contributed by atoms with Crippen molar-refractivity contribution in [2.45, 2.75) is 96.2 Å². The number of nitrogens with one attached hydrogen (secondary N) is 1. The largest absolute Gasteiger partial charge is 0.394 e. The summed E-state index contributed by atoms with van der Waals surface area (Å²) in [6, 6.07) is 0. The fourth-order valence-electron chi connectivity index (χ4n) is 3.53. The van der Waals surface area contributed by atoms with Gasteiger partial charge in [0.25, 0.3) is 0 Å². The predicted molar refractivity (Wildman–Crippen MR) is 111 cm³/mol. The molecule has 5 heteroatoms. The molecule has 0 aliphatic carbocycles. The van der Waals surface area contributed by atoms with Gasteiger partial charge in [0.2, 0.25) is 0 Å². The lowest BCUT2D eigenvalue weighted by molar-refractivity contribution is -0.0154. The van der Waals surface area contributed by atoms with Gasteiger partial charge in [-0.05, 0) is 19.3 Å². The molecule has 1 saturated heterocycles. The molecule has 5 nitrogen and oxygen atoms in total. The van der Waals surface area contributed by atoms with Crippen molar-refractivity contribution in [2.24, 2.45) is 0 Å². The second-order valence-corrected chi connectivity index (χ2v) is 7.75. The summed E-state index contributed by atoms with van der Waals surface area (Å²) in [6.07, 6.45) is 16.4. The van der Waals surface area contributed by atoms with Crippen molar-refractivity contribution in [3.8, 4) is 0 Å². The van der Waals surface area contributed by atoms with Gasteiger partial charge >= 0.3 is 0 Å². The highest BCUT2D eigenvalue weighted by atomic mass is 16.5. The Labute approximate surface area is 167 Å². The van der Waals surface area contributed by atoms with Gasteiger partial charge in [0, 0.05) is 19.7 Å². The number of hydrogen-bond acceptors (Lipinski definition) is 5. The van der Waals surface area contributed by atoms with E-state index in [1.807, 2.05) is 0 Å². The molecule has 0 spiro atoms. The number of ether oxygens (including phenoxy) is 3. The van der Waals surface area contributed by atoms with Crippen LogP contribution in [0.2, 0.25) is 0 Å². The molecule has 1 aliphatic rings. The van der Waals surface area contributed by atoms with Gasteiger partial charge in [-0.2, -0.15) is 0 Å². The fraction of sp³-hybridized carbons (Fsp3) is 1.00. The maximum absolute atomic E-state index is 8.63. The molecule has 0 bridgehead atoms. The highest BCUT2D eigenvalue weighted by Crippen LogP contribution is 2.19. The minimum atomic E-state index is 0.0898. The van der Waals surface area contributed by atoms with Crippen LogP contribution < -0.4 is 5.32 Å². The molecule has 0 aromatic rings. The molecule has 0 amide bonds. The summed E-state index contributed by atoms with van der Waals surface area (Å²) < 4.78 is 17.1. The van der Waals surface area contributed by atoms with Crippen molar-refractivity contribution in [1.82, 2.24) is 5.32 Å². The summed E-state index contributed by atoms with van der Waals surface area (Å²) in [5, 5.41) is 12.0. The van der Waals surface area contributed by atoms with Gasteiger partial charge in [0.1, 0.15) is 0 Å². The number of hydrogen-bond donors (Lipinski definition) is 2. The highest BCUT2D eigenvalue weighted by Gasteiger charge is 2.24. The second-order valence-electron chi connectivity index (χ2n) is 7.75. The second kappa shape index (κ2) is 19.1. The van der Waals surface area contributed by atoms with Gasteiger partial charge in [-0.15, -0.1) is 0 Å². The lowest BCUT2D eigenvalue weighted by atomic mass is 10.1. The molecule has 0 saturated carbocycles. The first-order valence-corrected chi connectivity index (χ1v) is 11.5. The molecule has 27 heavy (non-hydrogen) atoms. The highest BCUT2D eigenvalue weighted by molar-refractivity contribution is 4.75. The first kappa shape index (κ1) is 24.8. The van der Waals surface area contributed by atoms with Gasteiger partial charge < -0.3 is 24.6 Å². The van der Waals surface area contributed by atoms with Crippen molar-refractivity contribution in [2.75, 3.05) is 46.1 Å². The Morgan fingerprint density at radius 2 is 1.48 bits per heavy atom. The molecule has 1 heterocycles. The van der Waals surface area contributed by atoms with Crippen LogP contribution in [-0.4, -0.2) is 63.4 Å². The molecule has 0 unspecified atom stereocenters. The standard InChI is InChI=1S/C22H45NO4/c1-2-3-4-5-6-7-8-9-10-11-16-26-20-22-13-12-21(27-22)19-23-14-17-25-18-15-24/h21-24H,2-20H2,1H3/t21-,22-/m0/s1. The van der Waals surface area contributed by atoms with E-state index in [9.17, 15) is 0 Å². The van der Waals surface area contributed by atoms with Crippen LogP contribution >= 0.6 is 0 Å². The van der Waals surface area contributed by atoms with Crippen molar-refractivity contribution >= 4 is 0 Å². The maximum atomic E-state index is 8.63. The van der Waals surface area contributed by atoms with E-state index in [0.717, 1.165) is 39.1 Å². The zero-order chi connectivity index (χ0) is 19.4. The lowest BCUT2D eigenvalue weighted by Gasteiger charge is -2.15. The summed E-state index contributed by atoms with van der Waals surface area (Å²) in [5.41, 5.74) is 0. The van der Waals surface area contributed by atoms with Crippen molar-refractivity contribution in [3.63, 3.8) is 0 Å². The Bertz CT molecular complexity index is 304. The SMILES string of the molecule is CCCCCCCCCCCCOC[C@@H]1CC[C@@H](CNCCOCCO)O1. The molecule has 162 valence electrons. The molecule has 0 radical (unpaired) electrons. The van der Waals surface area contributed by atoms with Gasteiger partial charge in [-0.25, -0.2) is 0 Å². The van der Waals surface area contributed by atoms with Crippen LogP contribution in [0.1, 0.15) is 84.0 Å². The fourth-order valence-corrected chi connectivity index (χ4v) is 3.53. The van der Waals surface area contributed by atoms with Crippen LogP contribution in [0.4, 0.5) is 0 Å². The van der Waals surface area contributed by atoms with Crippen LogP contribution in [0, 0.1) is 0 Å². The Balaban J connectivity index is 1.79. The average Bonchev–Trinajstić information content (AvgIpc) is 3.13. The van der Waals surface area contributed by atoms with E-state index in [2.05, 4.69) is 12.2 Å². The number of unbranched alkanes of at least 4 members (excludes halogenated alkanes) is 9. The Kier molecular flexibility index (Phi) is 17.6. The normalized spacial score (nSPS) is 19.8.